The average Bonchev–Trinajstić information content (AvgIpc) is 2.64. The van der Waals surface area contributed by atoms with Crippen LogP contribution < -0.4 is 9.62 Å². The maximum absolute atomic E-state index is 12.5. The molecular formula is C20H26N2O5S2. The Morgan fingerprint density at radius 2 is 1.52 bits per heavy atom. The number of aryl methyl sites for hydroxylation is 1. The molecule has 29 heavy (non-hydrogen) atoms. The lowest BCUT2D eigenvalue weighted by Crippen LogP contribution is -2.41. The largest absolute Gasteiger partial charge is 0.348 e. The maximum atomic E-state index is 12.5. The minimum Gasteiger partial charge on any atom is -0.348 e. The highest BCUT2D eigenvalue weighted by atomic mass is 32.2. The number of amides is 1. The Morgan fingerprint density at radius 1 is 0.966 bits per heavy atom. The molecule has 0 aliphatic rings. The van der Waals surface area contributed by atoms with Crippen molar-refractivity contribution in [3.63, 3.8) is 0 Å². The number of anilines is 1. The van der Waals surface area contributed by atoms with E-state index in [1.54, 1.807) is 31.2 Å². The van der Waals surface area contributed by atoms with E-state index in [0.29, 0.717) is 11.3 Å². The fourth-order valence-corrected chi connectivity index (χ4v) is 4.29. The third-order valence-electron chi connectivity index (χ3n) is 4.51. The molecule has 7 nitrogen and oxygen atoms in total. The van der Waals surface area contributed by atoms with Gasteiger partial charge in [-0.2, -0.15) is 0 Å². The van der Waals surface area contributed by atoms with Crippen molar-refractivity contribution in [3.05, 3.63) is 59.7 Å². The van der Waals surface area contributed by atoms with E-state index in [1.807, 2.05) is 19.1 Å². The molecule has 0 saturated carbocycles. The van der Waals surface area contributed by atoms with Crippen LogP contribution in [0.3, 0.4) is 0 Å². The first-order valence-corrected chi connectivity index (χ1v) is 12.8. The predicted octanol–water partition coefficient (Wildman–Crippen LogP) is 2.30. The zero-order valence-electron chi connectivity index (χ0n) is 16.9. The normalized spacial score (nSPS) is 13.0. The molecule has 1 atom stereocenters. The van der Waals surface area contributed by atoms with E-state index in [1.165, 1.54) is 12.1 Å². The van der Waals surface area contributed by atoms with E-state index in [0.717, 1.165) is 28.8 Å². The third-order valence-corrected chi connectivity index (χ3v) is 6.77. The highest BCUT2D eigenvalue weighted by molar-refractivity contribution is 7.92. The third kappa shape index (κ3) is 6.30. The zero-order chi connectivity index (χ0) is 21.8. The van der Waals surface area contributed by atoms with Crippen LogP contribution in [-0.4, -0.2) is 41.8 Å². The maximum Gasteiger partial charge on any atom is 0.241 e. The number of hydrogen-bond donors (Lipinski definition) is 1. The van der Waals surface area contributed by atoms with Crippen LogP contribution in [0.1, 0.15) is 31.0 Å². The van der Waals surface area contributed by atoms with Gasteiger partial charge in [-0.3, -0.25) is 9.10 Å². The average molecular weight is 439 g/mol. The molecule has 0 unspecified atom stereocenters. The van der Waals surface area contributed by atoms with Crippen molar-refractivity contribution in [2.24, 2.45) is 0 Å². The number of benzene rings is 2. The van der Waals surface area contributed by atoms with Gasteiger partial charge in [0.05, 0.1) is 22.9 Å². The first-order chi connectivity index (χ1) is 13.4. The monoisotopic (exact) mass is 438 g/mol. The second-order valence-corrected chi connectivity index (χ2v) is 10.8. The van der Waals surface area contributed by atoms with Gasteiger partial charge >= 0.3 is 0 Å². The molecule has 0 spiro atoms. The summed E-state index contributed by atoms with van der Waals surface area (Å²) in [7, 11) is -6.95. The van der Waals surface area contributed by atoms with Crippen LogP contribution >= 0.6 is 0 Å². The lowest BCUT2D eigenvalue weighted by molar-refractivity contribution is -0.120. The number of hydrogen-bond acceptors (Lipinski definition) is 5. The summed E-state index contributed by atoms with van der Waals surface area (Å²) in [5, 5.41) is 2.75. The summed E-state index contributed by atoms with van der Waals surface area (Å²) in [6, 6.07) is 12.8. The number of carbonyl (C=O) groups is 1. The van der Waals surface area contributed by atoms with E-state index in [4.69, 9.17) is 0 Å². The number of carbonyl (C=O) groups excluding carboxylic acids is 1. The molecule has 2 rings (SSSR count). The van der Waals surface area contributed by atoms with Gasteiger partial charge in [0.25, 0.3) is 0 Å². The van der Waals surface area contributed by atoms with Gasteiger partial charge in [-0.05, 0) is 48.7 Å². The van der Waals surface area contributed by atoms with Crippen LogP contribution in [0.2, 0.25) is 0 Å². The Kier molecular flexibility index (Phi) is 7.07. The van der Waals surface area contributed by atoms with Crippen LogP contribution in [0.25, 0.3) is 0 Å². The predicted molar refractivity (Wildman–Crippen MR) is 114 cm³/mol. The minimum atomic E-state index is -3.65. The summed E-state index contributed by atoms with van der Waals surface area (Å²) in [6.45, 7) is 3.39. The summed E-state index contributed by atoms with van der Waals surface area (Å²) in [6.07, 6.45) is 3.01. The standard InChI is InChI=1S/C20H26N2O5S2/c1-5-16-6-10-18(11-7-16)22(29(4,26)27)14-20(23)21-15(2)17-8-12-19(13-9-17)28(3,24)25/h6-13,15H,5,14H2,1-4H3,(H,21,23)/t15-/m0/s1. The topological polar surface area (TPSA) is 101 Å². The second kappa shape index (κ2) is 8.96. The molecule has 2 aromatic rings. The molecule has 9 heteroatoms. The van der Waals surface area contributed by atoms with Gasteiger partial charge in [0, 0.05) is 6.26 Å². The molecule has 1 amide bonds. The Morgan fingerprint density at radius 3 is 1.97 bits per heavy atom. The molecule has 0 heterocycles. The number of nitrogens with zero attached hydrogens (tertiary/aromatic N) is 1. The SMILES string of the molecule is CCc1ccc(N(CC(=O)N[C@@H](C)c2ccc(S(C)(=O)=O)cc2)S(C)(=O)=O)cc1. The van der Waals surface area contributed by atoms with Crippen LogP contribution in [0.4, 0.5) is 5.69 Å². The molecule has 0 saturated heterocycles. The van der Waals surface area contributed by atoms with Crippen LogP contribution in [0.5, 0.6) is 0 Å². The smallest absolute Gasteiger partial charge is 0.241 e. The van der Waals surface area contributed by atoms with Gasteiger partial charge in [-0.1, -0.05) is 31.2 Å². The molecule has 0 aromatic heterocycles. The van der Waals surface area contributed by atoms with Crippen molar-refractivity contribution >= 4 is 31.5 Å². The van der Waals surface area contributed by atoms with E-state index in [2.05, 4.69) is 5.32 Å². The van der Waals surface area contributed by atoms with E-state index >= 15 is 0 Å². The van der Waals surface area contributed by atoms with E-state index in [-0.39, 0.29) is 11.4 Å². The summed E-state index contributed by atoms with van der Waals surface area (Å²) in [5.41, 5.74) is 2.20. The number of nitrogens with one attached hydrogen (secondary N) is 1. The van der Waals surface area contributed by atoms with Crippen LogP contribution in [0, 0.1) is 0 Å². The molecule has 2 aromatic carbocycles. The van der Waals surface area contributed by atoms with Crippen molar-refractivity contribution in [1.29, 1.82) is 0 Å². The molecular weight excluding hydrogens is 412 g/mol. The van der Waals surface area contributed by atoms with E-state index < -0.39 is 31.8 Å². The second-order valence-electron chi connectivity index (χ2n) is 6.92. The van der Waals surface area contributed by atoms with Crippen molar-refractivity contribution in [2.45, 2.75) is 31.2 Å². The summed E-state index contributed by atoms with van der Waals surface area (Å²) in [5.74, 6) is -0.463. The first-order valence-electron chi connectivity index (χ1n) is 9.08. The Balaban J connectivity index is 2.13. The molecule has 0 bridgehead atoms. The van der Waals surface area contributed by atoms with Gasteiger partial charge < -0.3 is 5.32 Å². The van der Waals surface area contributed by atoms with Crippen LogP contribution in [-0.2, 0) is 31.1 Å². The van der Waals surface area contributed by atoms with Gasteiger partial charge in [-0.15, -0.1) is 0 Å². The zero-order valence-corrected chi connectivity index (χ0v) is 18.5. The summed E-state index contributed by atoms with van der Waals surface area (Å²) < 4.78 is 48.6. The van der Waals surface area contributed by atoms with Crippen molar-refractivity contribution in [2.75, 3.05) is 23.4 Å². The lowest BCUT2D eigenvalue weighted by Gasteiger charge is -2.23. The molecule has 0 aliphatic heterocycles. The summed E-state index contributed by atoms with van der Waals surface area (Å²) >= 11 is 0. The van der Waals surface area contributed by atoms with Gasteiger partial charge in [-0.25, -0.2) is 16.8 Å². The molecule has 158 valence electrons. The highest BCUT2D eigenvalue weighted by Gasteiger charge is 2.22. The quantitative estimate of drug-likeness (QED) is 0.682. The van der Waals surface area contributed by atoms with Crippen LogP contribution in [0.15, 0.2) is 53.4 Å². The molecule has 1 N–H and O–H groups in total. The molecule has 0 fully saturated rings. The highest BCUT2D eigenvalue weighted by Crippen LogP contribution is 2.20. The minimum absolute atomic E-state index is 0.193. The first kappa shape index (κ1) is 22.9. The van der Waals surface area contributed by atoms with Crippen molar-refractivity contribution in [1.82, 2.24) is 5.32 Å². The number of rotatable bonds is 8. The number of sulfonamides is 1. The Hall–Kier alpha value is -2.39. The van der Waals surface area contributed by atoms with Crippen molar-refractivity contribution in [3.8, 4) is 0 Å². The molecule has 0 aliphatic carbocycles. The van der Waals surface area contributed by atoms with Crippen molar-refractivity contribution < 1.29 is 21.6 Å². The number of sulfone groups is 1. The fraction of sp³-hybridized carbons (Fsp3) is 0.350. The molecule has 0 radical (unpaired) electrons. The Labute approximate surface area is 172 Å². The van der Waals surface area contributed by atoms with Gasteiger partial charge in [0.15, 0.2) is 9.84 Å². The Bertz CT molecular complexity index is 1060. The van der Waals surface area contributed by atoms with Gasteiger partial charge in [0.2, 0.25) is 15.9 Å². The fourth-order valence-electron chi connectivity index (χ4n) is 2.80. The van der Waals surface area contributed by atoms with Gasteiger partial charge in [0.1, 0.15) is 6.54 Å². The van der Waals surface area contributed by atoms with E-state index in [9.17, 15) is 21.6 Å². The summed E-state index contributed by atoms with van der Waals surface area (Å²) in [4.78, 5) is 12.7. The lowest BCUT2D eigenvalue weighted by atomic mass is 10.1.